The van der Waals surface area contributed by atoms with E-state index >= 15 is 0 Å². The van der Waals surface area contributed by atoms with E-state index < -0.39 is 23.3 Å². The minimum atomic E-state index is -1.52. The minimum Gasteiger partial charge on any atom is -0.369 e. The highest BCUT2D eigenvalue weighted by atomic mass is 16.6. The number of amides is 1. The molecule has 2 bridgehead atoms. The van der Waals surface area contributed by atoms with Crippen molar-refractivity contribution in [2.24, 2.45) is 0 Å². The second kappa shape index (κ2) is 5.61. The van der Waals surface area contributed by atoms with Gasteiger partial charge < -0.3 is 14.8 Å². The summed E-state index contributed by atoms with van der Waals surface area (Å²) in [7, 11) is 0. The zero-order chi connectivity index (χ0) is 16.5. The largest absolute Gasteiger partial charge is 0.369 e. The molecule has 2 heterocycles. The molecule has 6 nitrogen and oxygen atoms in total. The summed E-state index contributed by atoms with van der Waals surface area (Å²) in [5.41, 5.74) is -1.94. The molecule has 1 amide bonds. The summed E-state index contributed by atoms with van der Waals surface area (Å²) in [6, 6.07) is 11.6. The van der Waals surface area contributed by atoms with Gasteiger partial charge in [0.25, 0.3) is 0 Å². The first-order valence-electron chi connectivity index (χ1n) is 7.29. The van der Waals surface area contributed by atoms with Crippen molar-refractivity contribution < 1.29 is 19.1 Å². The molecule has 1 aromatic carbocycles. The molecule has 0 unspecified atom stereocenters. The maximum Gasteiger partial charge on any atom is 0.219 e. The van der Waals surface area contributed by atoms with Crippen LogP contribution in [0.2, 0.25) is 0 Å². The lowest BCUT2D eigenvalue weighted by molar-refractivity contribution is -0.155. The van der Waals surface area contributed by atoms with E-state index in [9.17, 15) is 14.9 Å². The fourth-order valence-electron chi connectivity index (χ4n) is 2.94. The van der Waals surface area contributed by atoms with Crippen LogP contribution in [-0.4, -0.2) is 29.1 Å². The van der Waals surface area contributed by atoms with Crippen molar-refractivity contribution in [3.63, 3.8) is 0 Å². The van der Waals surface area contributed by atoms with Crippen LogP contribution in [0.5, 0.6) is 0 Å². The number of ketones is 1. The van der Waals surface area contributed by atoms with Gasteiger partial charge >= 0.3 is 0 Å². The molecule has 0 aliphatic carbocycles. The number of nitrogens with one attached hydrogen (secondary N) is 1. The van der Waals surface area contributed by atoms with Gasteiger partial charge in [0.15, 0.2) is 0 Å². The lowest BCUT2D eigenvalue weighted by Crippen LogP contribution is -2.56. The van der Waals surface area contributed by atoms with Gasteiger partial charge in [-0.05, 0) is 17.7 Å². The summed E-state index contributed by atoms with van der Waals surface area (Å²) >= 11 is 0. The number of nitrogens with zero attached hydrogens (tertiary/aromatic N) is 1. The van der Waals surface area contributed by atoms with E-state index in [0.717, 1.165) is 5.56 Å². The summed E-state index contributed by atoms with van der Waals surface area (Å²) < 4.78 is 11.5. The summed E-state index contributed by atoms with van der Waals surface area (Å²) in [6.07, 6.45) is 2.15. The molecule has 3 rings (SSSR count). The highest BCUT2D eigenvalue weighted by molar-refractivity contribution is 6.01. The monoisotopic (exact) mass is 312 g/mol. The number of benzene rings is 1. The van der Waals surface area contributed by atoms with Gasteiger partial charge in [0.1, 0.15) is 12.2 Å². The quantitative estimate of drug-likeness (QED) is 0.903. The van der Waals surface area contributed by atoms with E-state index in [2.05, 4.69) is 11.4 Å². The lowest BCUT2D eigenvalue weighted by atomic mass is 9.98. The third-order valence-electron chi connectivity index (χ3n) is 4.02. The predicted octanol–water partition coefficient (Wildman–Crippen LogP) is 1.23. The fraction of sp³-hybridized carbons (Fsp3) is 0.353. The molecule has 1 aromatic rings. The lowest BCUT2D eigenvalue weighted by Gasteiger charge is -2.31. The smallest absolute Gasteiger partial charge is 0.219 e. The maximum absolute atomic E-state index is 12.2. The molecule has 118 valence electrons. The summed E-state index contributed by atoms with van der Waals surface area (Å²) in [5.74, 6) is -0.784. The van der Waals surface area contributed by atoms with Gasteiger partial charge in [0, 0.05) is 13.3 Å². The number of rotatable bonds is 4. The van der Waals surface area contributed by atoms with Crippen LogP contribution in [0.1, 0.15) is 18.9 Å². The molecular weight excluding hydrogens is 296 g/mol. The first-order valence-corrected chi connectivity index (χ1v) is 7.29. The molecular formula is C17H16N2O4. The molecule has 2 aliphatic rings. The number of hydrogen-bond acceptors (Lipinski definition) is 5. The van der Waals surface area contributed by atoms with Crippen LogP contribution in [0, 0.1) is 11.3 Å². The Labute approximate surface area is 133 Å². The highest BCUT2D eigenvalue weighted by Gasteiger charge is 2.62. The second-order valence-corrected chi connectivity index (χ2v) is 5.70. The number of hydrogen-bond donors (Lipinski definition) is 1. The van der Waals surface area contributed by atoms with Crippen molar-refractivity contribution in [2.75, 3.05) is 0 Å². The average Bonchev–Trinajstić information content (AvgIpc) is 2.81. The minimum absolute atomic E-state index is 0.0960. The van der Waals surface area contributed by atoms with Gasteiger partial charge in [-0.2, -0.15) is 5.26 Å². The third kappa shape index (κ3) is 2.65. The van der Waals surface area contributed by atoms with Crippen LogP contribution >= 0.6 is 0 Å². The summed E-state index contributed by atoms with van der Waals surface area (Å²) in [5, 5.41) is 12.1. The van der Waals surface area contributed by atoms with Crippen LogP contribution in [0.4, 0.5) is 0 Å². The second-order valence-electron chi connectivity index (χ2n) is 5.70. The topological polar surface area (TPSA) is 88.4 Å². The van der Waals surface area contributed by atoms with Crippen LogP contribution in [0.3, 0.4) is 0 Å². The Hall–Kier alpha value is -2.49. The Balaban J connectivity index is 1.84. The van der Waals surface area contributed by atoms with Gasteiger partial charge in [-0.25, -0.2) is 0 Å². The molecule has 3 atom stereocenters. The van der Waals surface area contributed by atoms with Crippen molar-refractivity contribution in [3.8, 4) is 6.07 Å². The molecule has 6 heteroatoms. The average molecular weight is 312 g/mol. The molecule has 0 radical (unpaired) electrons. The van der Waals surface area contributed by atoms with Gasteiger partial charge in [-0.3, -0.25) is 9.59 Å². The number of ether oxygens (including phenoxy) is 2. The van der Waals surface area contributed by atoms with Crippen LogP contribution in [0.15, 0.2) is 42.5 Å². The van der Waals surface area contributed by atoms with Crippen molar-refractivity contribution in [1.29, 1.82) is 5.26 Å². The number of nitriles is 1. The summed E-state index contributed by atoms with van der Waals surface area (Å²) in [4.78, 5) is 23.6. The standard InChI is InChI=1S/C17H16N2O4/c1-12(20)19-17-9-15(22-10-13-5-3-2-4-6-13)16(11-18,23-17)8-7-14(17)21/h2-8,15H,9-10H2,1H3,(H,19,20)/t15-,16+,17-/m1/s1. The normalized spacial score (nSPS) is 31.7. The molecule has 0 aromatic heterocycles. The first kappa shape index (κ1) is 15.4. The number of carbonyl (C=O) groups excluding carboxylic acids is 2. The predicted molar refractivity (Wildman–Crippen MR) is 79.8 cm³/mol. The zero-order valence-electron chi connectivity index (χ0n) is 12.6. The zero-order valence-corrected chi connectivity index (χ0v) is 12.6. The molecule has 2 aliphatic heterocycles. The summed E-state index contributed by atoms with van der Waals surface area (Å²) in [6.45, 7) is 1.59. The van der Waals surface area contributed by atoms with Crippen molar-refractivity contribution in [1.82, 2.24) is 5.32 Å². The van der Waals surface area contributed by atoms with Crippen LogP contribution in [0.25, 0.3) is 0 Å². The Morgan fingerprint density at radius 2 is 2.22 bits per heavy atom. The Morgan fingerprint density at radius 3 is 2.87 bits per heavy atom. The van der Waals surface area contributed by atoms with E-state index in [-0.39, 0.29) is 18.8 Å². The molecule has 0 saturated carbocycles. The van der Waals surface area contributed by atoms with Crippen molar-refractivity contribution in [2.45, 2.75) is 37.4 Å². The maximum atomic E-state index is 12.2. The van der Waals surface area contributed by atoms with E-state index in [1.807, 2.05) is 30.3 Å². The first-order chi connectivity index (χ1) is 11.0. The molecule has 0 spiro atoms. The third-order valence-corrected chi connectivity index (χ3v) is 4.02. The highest BCUT2D eigenvalue weighted by Crippen LogP contribution is 2.43. The van der Waals surface area contributed by atoms with E-state index in [1.54, 1.807) is 0 Å². The van der Waals surface area contributed by atoms with Gasteiger partial charge in [-0.1, -0.05) is 30.3 Å². The fourth-order valence-corrected chi connectivity index (χ4v) is 2.94. The molecule has 1 saturated heterocycles. The Kier molecular flexibility index (Phi) is 3.76. The molecule has 23 heavy (non-hydrogen) atoms. The van der Waals surface area contributed by atoms with Gasteiger partial charge in [-0.15, -0.1) is 0 Å². The van der Waals surface area contributed by atoms with E-state index in [0.29, 0.717) is 0 Å². The van der Waals surface area contributed by atoms with Crippen LogP contribution < -0.4 is 5.32 Å². The number of fused-ring (bicyclic) bond motifs is 2. The Bertz CT molecular complexity index is 709. The SMILES string of the molecule is CC(=O)N[C@@]12C[C@@H](OCc3ccccc3)[C@@](C#N)(C=CC1=O)O2. The van der Waals surface area contributed by atoms with Gasteiger partial charge in [0.05, 0.1) is 6.61 Å². The van der Waals surface area contributed by atoms with Gasteiger partial charge in [0.2, 0.25) is 23.0 Å². The Morgan fingerprint density at radius 1 is 1.48 bits per heavy atom. The van der Waals surface area contributed by atoms with Crippen molar-refractivity contribution >= 4 is 11.7 Å². The van der Waals surface area contributed by atoms with E-state index in [1.165, 1.54) is 19.1 Å². The number of carbonyl (C=O) groups is 2. The van der Waals surface area contributed by atoms with E-state index in [4.69, 9.17) is 9.47 Å². The van der Waals surface area contributed by atoms with Crippen molar-refractivity contribution in [3.05, 3.63) is 48.0 Å². The van der Waals surface area contributed by atoms with Crippen LogP contribution in [-0.2, 0) is 25.7 Å². The molecule has 1 N–H and O–H groups in total. The molecule has 1 fully saturated rings.